The predicted octanol–water partition coefficient (Wildman–Crippen LogP) is 2.43. The number of piperazine rings is 1. The highest BCUT2D eigenvalue weighted by molar-refractivity contribution is 7.89. The van der Waals surface area contributed by atoms with E-state index in [1.807, 2.05) is 28.0 Å². The molecule has 1 unspecified atom stereocenters. The molecule has 1 aromatic heterocycles. The van der Waals surface area contributed by atoms with Crippen molar-refractivity contribution in [3.8, 4) is 5.69 Å². The zero-order valence-electron chi connectivity index (χ0n) is 23.2. The summed E-state index contributed by atoms with van der Waals surface area (Å²) in [5.74, 6) is -0.678. The average molecular weight is 597 g/mol. The highest BCUT2D eigenvalue weighted by Gasteiger charge is 2.36. The molecule has 3 heterocycles. The van der Waals surface area contributed by atoms with Gasteiger partial charge in [0.15, 0.2) is 4.90 Å². The van der Waals surface area contributed by atoms with Crippen LogP contribution in [0.25, 0.3) is 5.69 Å². The van der Waals surface area contributed by atoms with Crippen LogP contribution in [0.15, 0.2) is 70.5 Å². The minimum absolute atomic E-state index is 0.0566. The molecule has 2 aliphatic heterocycles. The van der Waals surface area contributed by atoms with Crippen LogP contribution >= 0.6 is 0 Å². The largest absolute Gasteiger partial charge is 0.466 e. The Bertz CT molecular complexity index is 1620. The summed E-state index contributed by atoms with van der Waals surface area (Å²) in [6.07, 6.45) is 2.95. The molecule has 222 valence electrons. The van der Waals surface area contributed by atoms with E-state index in [2.05, 4.69) is 5.10 Å². The first-order valence-electron chi connectivity index (χ1n) is 13.8. The number of sulfonamides is 1. The van der Waals surface area contributed by atoms with E-state index in [-0.39, 0.29) is 55.1 Å². The Kier molecular flexibility index (Phi) is 8.54. The van der Waals surface area contributed by atoms with Crippen molar-refractivity contribution in [2.45, 2.75) is 24.7 Å². The number of nitro benzene ring substituents is 1. The van der Waals surface area contributed by atoms with Gasteiger partial charge in [0.2, 0.25) is 10.0 Å². The first-order valence-corrected chi connectivity index (χ1v) is 15.2. The van der Waals surface area contributed by atoms with E-state index < -0.39 is 20.6 Å². The molecule has 13 nitrogen and oxygen atoms in total. The van der Waals surface area contributed by atoms with E-state index in [1.54, 1.807) is 25.3 Å². The smallest absolute Gasteiger partial charge is 0.310 e. The zero-order chi connectivity index (χ0) is 29.9. The second-order valence-electron chi connectivity index (χ2n) is 10.1. The highest BCUT2D eigenvalue weighted by atomic mass is 32.2. The number of piperidine rings is 1. The van der Waals surface area contributed by atoms with Gasteiger partial charge in [-0.1, -0.05) is 30.3 Å². The topological polar surface area (TPSA) is 148 Å². The van der Waals surface area contributed by atoms with Crippen LogP contribution in [-0.4, -0.2) is 79.3 Å². The third kappa shape index (κ3) is 5.72. The van der Waals surface area contributed by atoms with Gasteiger partial charge in [-0.2, -0.15) is 14.1 Å². The molecule has 2 fully saturated rings. The zero-order valence-corrected chi connectivity index (χ0v) is 24.0. The van der Waals surface area contributed by atoms with Crippen LogP contribution in [-0.2, 0) is 19.6 Å². The summed E-state index contributed by atoms with van der Waals surface area (Å²) in [4.78, 5) is 40.8. The number of nitro groups is 1. The number of esters is 1. The van der Waals surface area contributed by atoms with Crippen molar-refractivity contribution in [3.63, 3.8) is 0 Å². The Morgan fingerprint density at radius 3 is 2.40 bits per heavy atom. The molecule has 0 amide bonds. The van der Waals surface area contributed by atoms with Crippen molar-refractivity contribution in [3.05, 3.63) is 81.3 Å². The Hall–Kier alpha value is -4.30. The van der Waals surface area contributed by atoms with E-state index >= 15 is 0 Å². The molecule has 2 aromatic carbocycles. The monoisotopic (exact) mass is 596 g/mol. The van der Waals surface area contributed by atoms with Gasteiger partial charge < -0.3 is 14.5 Å². The number of benzene rings is 2. The van der Waals surface area contributed by atoms with Gasteiger partial charge in [0.05, 0.1) is 35.0 Å². The van der Waals surface area contributed by atoms with Gasteiger partial charge in [0.25, 0.3) is 11.2 Å². The second kappa shape index (κ2) is 12.3. The lowest BCUT2D eigenvalue weighted by molar-refractivity contribution is -0.387. The third-order valence-corrected chi connectivity index (χ3v) is 9.50. The van der Waals surface area contributed by atoms with Gasteiger partial charge in [-0.15, -0.1) is 0 Å². The lowest BCUT2D eigenvalue weighted by Gasteiger charge is -2.39. The minimum atomic E-state index is -4.13. The molecule has 42 heavy (non-hydrogen) atoms. The molecule has 0 radical (unpaired) electrons. The summed E-state index contributed by atoms with van der Waals surface area (Å²) in [5, 5.41) is 15.9. The van der Waals surface area contributed by atoms with Crippen LogP contribution < -0.4 is 15.4 Å². The van der Waals surface area contributed by atoms with Crippen molar-refractivity contribution < 1.29 is 22.9 Å². The van der Waals surface area contributed by atoms with Gasteiger partial charge in [0.1, 0.15) is 5.69 Å². The van der Waals surface area contributed by atoms with E-state index in [1.165, 1.54) is 33.3 Å². The number of rotatable bonds is 8. The number of aromatic nitrogens is 2. The van der Waals surface area contributed by atoms with Crippen molar-refractivity contribution >= 4 is 33.1 Å². The van der Waals surface area contributed by atoms with Gasteiger partial charge >= 0.3 is 5.97 Å². The quantitative estimate of drug-likeness (QED) is 0.216. The first-order chi connectivity index (χ1) is 20.2. The first kappa shape index (κ1) is 29.2. The molecular weight excluding hydrogens is 564 g/mol. The van der Waals surface area contributed by atoms with Crippen molar-refractivity contribution in [1.82, 2.24) is 14.1 Å². The number of hydrogen-bond donors (Lipinski definition) is 0. The molecule has 0 bridgehead atoms. The molecule has 14 heteroatoms. The number of nitrogens with zero attached hydrogens (tertiary/aromatic N) is 6. The fraction of sp³-hybridized carbons (Fsp3) is 0.393. The summed E-state index contributed by atoms with van der Waals surface area (Å²) in [7, 11) is -4.13. The molecule has 0 aliphatic carbocycles. The summed E-state index contributed by atoms with van der Waals surface area (Å²) >= 11 is 0. The van der Waals surface area contributed by atoms with E-state index in [9.17, 15) is 28.1 Å². The maximum atomic E-state index is 14.0. The molecule has 5 rings (SSSR count). The second-order valence-corrected chi connectivity index (χ2v) is 12.0. The molecule has 3 aromatic rings. The summed E-state index contributed by atoms with van der Waals surface area (Å²) in [6.45, 7) is 3.48. The fourth-order valence-electron chi connectivity index (χ4n) is 5.48. The van der Waals surface area contributed by atoms with E-state index in [0.717, 1.165) is 0 Å². The summed E-state index contributed by atoms with van der Waals surface area (Å²) < 4.78 is 34.5. The molecule has 0 N–H and O–H groups in total. The fourth-order valence-corrected chi connectivity index (χ4v) is 7.06. The average Bonchev–Trinajstić information content (AvgIpc) is 3.01. The van der Waals surface area contributed by atoms with Gasteiger partial charge in [-0.25, -0.2) is 8.42 Å². The highest BCUT2D eigenvalue weighted by Crippen LogP contribution is 2.32. The van der Waals surface area contributed by atoms with Crippen molar-refractivity contribution in [1.29, 1.82) is 0 Å². The van der Waals surface area contributed by atoms with Gasteiger partial charge in [0, 0.05) is 45.3 Å². The molecule has 2 saturated heterocycles. The van der Waals surface area contributed by atoms with E-state index in [4.69, 9.17) is 4.74 Å². The molecule has 0 spiro atoms. The third-order valence-electron chi connectivity index (χ3n) is 7.55. The maximum Gasteiger partial charge on any atom is 0.310 e. The lowest BCUT2D eigenvalue weighted by atomic mass is 9.97. The predicted molar refractivity (Wildman–Crippen MR) is 155 cm³/mol. The van der Waals surface area contributed by atoms with Crippen LogP contribution in [0, 0.1) is 16.0 Å². The number of hydrogen-bond acceptors (Lipinski definition) is 10. The van der Waals surface area contributed by atoms with Crippen molar-refractivity contribution in [2.24, 2.45) is 5.92 Å². The summed E-state index contributed by atoms with van der Waals surface area (Å²) in [5.41, 5.74) is 0.697. The van der Waals surface area contributed by atoms with Gasteiger partial charge in [-0.05, 0) is 38.0 Å². The van der Waals surface area contributed by atoms with Crippen LogP contribution in [0.3, 0.4) is 0 Å². The lowest BCUT2D eigenvalue weighted by Crippen LogP contribution is -2.50. The molecule has 0 saturated carbocycles. The Morgan fingerprint density at radius 2 is 1.71 bits per heavy atom. The SMILES string of the molecule is CCOC(=O)C1CCCN(c2c(N3CCN(S(=O)(=O)c4ccccc4[N+](=O)[O-])CC3)cnn(-c3ccccc3)c2=O)C1. The van der Waals surface area contributed by atoms with E-state index in [0.29, 0.717) is 43.0 Å². The summed E-state index contributed by atoms with van der Waals surface area (Å²) in [6, 6.07) is 14.3. The van der Waals surface area contributed by atoms with Gasteiger partial charge in [-0.3, -0.25) is 19.7 Å². The number of para-hydroxylation sites is 2. The normalized spacial score (nSPS) is 18.1. The molecule has 1 atom stereocenters. The number of anilines is 2. The Labute approximate surface area is 243 Å². The van der Waals surface area contributed by atoms with Crippen LogP contribution in [0.1, 0.15) is 19.8 Å². The Balaban J connectivity index is 1.46. The molecular formula is C28H32N6O7S. The standard InChI is InChI=1S/C28H32N6O7S/c1-2-41-28(36)21-9-8-14-31(20-21)26-24(19-29-33(27(26)35)22-10-4-3-5-11-22)30-15-17-32(18-16-30)42(39,40)25-13-7-6-12-23(25)34(37)38/h3-7,10-13,19,21H,2,8-9,14-18,20H2,1H3. The van der Waals surface area contributed by atoms with Crippen LogP contribution in [0.2, 0.25) is 0 Å². The number of ether oxygens (including phenoxy) is 1. The Morgan fingerprint density at radius 1 is 1.02 bits per heavy atom. The minimum Gasteiger partial charge on any atom is -0.466 e. The van der Waals surface area contributed by atoms with Crippen LogP contribution in [0.5, 0.6) is 0 Å². The maximum absolute atomic E-state index is 14.0. The van der Waals surface area contributed by atoms with Crippen LogP contribution in [0.4, 0.5) is 17.1 Å². The van der Waals surface area contributed by atoms with Crippen molar-refractivity contribution in [2.75, 3.05) is 55.7 Å². The molecule has 2 aliphatic rings. The number of carbonyl (C=O) groups excluding carboxylic acids is 1. The number of carbonyl (C=O) groups is 1.